The van der Waals surface area contributed by atoms with Crippen LogP contribution in [0.3, 0.4) is 0 Å². The van der Waals surface area contributed by atoms with E-state index in [-0.39, 0.29) is 20.1 Å². The molecule has 293 valence electrons. The largest absolute Gasteiger partial charge is 0.500 e. The predicted molar refractivity (Wildman–Crippen MR) is 238 cm³/mol. The Labute approximate surface area is 353 Å². The molecule has 9 rings (SSSR count). The summed E-state index contributed by atoms with van der Waals surface area (Å²) in [5, 5.41) is 3.75. The molecule has 4 nitrogen and oxygen atoms in total. The molecule has 0 aliphatic heterocycles. The van der Waals surface area contributed by atoms with Gasteiger partial charge in [0, 0.05) is 37.4 Å². The van der Waals surface area contributed by atoms with Gasteiger partial charge in [0.1, 0.15) is 5.58 Å². The van der Waals surface area contributed by atoms with Crippen molar-refractivity contribution in [3.8, 4) is 28.3 Å². The number of para-hydroxylation sites is 4. The van der Waals surface area contributed by atoms with Crippen LogP contribution in [0.4, 0.5) is 0 Å². The molecule has 0 saturated heterocycles. The van der Waals surface area contributed by atoms with Crippen LogP contribution in [0.2, 0.25) is 19.6 Å². The first-order chi connectivity index (χ1) is 27.1. The van der Waals surface area contributed by atoms with Gasteiger partial charge in [0.2, 0.25) is 0 Å². The zero-order chi connectivity index (χ0) is 39.0. The van der Waals surface area contributed by atoms with Gasteiger partial charge in [-0.2, -0.15) is 0 Å². The van der Waals surface area contributed by atoms with E-state index in [1.807, 2.05) is 30.3 Å². The molecule has 1 aliphatic carbocycles. The van der Waals surface area contributed by atoms with E-state index in [1.165, 1.54) is 48.9 Å². The minimum absolute atomic E-state index is 0. The molecule has 6 heteroatoms. The average Bonchev–Trinajstić information content (AvgIpc) is 3.79. The zero-order valence-corrected chi connectivity index (χ0v) is 37.7. The van der Waals surface area contributed by atoms with Gasteiger partial charge >= 0.3 is 0 Å². The number of rotatable bonds is 7. The summed E-state index contributed by atoms with van der Waals surface area (Å²) in [6.07, 6.45) is 9.03. The van der Waals surface area contributed by atoms with Crippen LogP contribution in [-0.2, 0) is 20.1 Å². The molecule has 3 heterocycles. The van der Waals surface area contributed by atoms with Crippen LogP contribution < -0.4 is 5.19 Å². The Kier molecular flexibility index (Phi) is 12.2. The third kappa shape index (κ3) is 8.23. The number of furan rings is 1. The quantitative estimate of drug-likeness (QED) is 0.118. The summed E-state index contributed by atoms with van der Waals surface area (Å²) < 4.78 is 8.41. The number of hydrogen-bond acceptors (Lipinski definition) is 3. The Balaban J connectivity index is 0.000000188. The second-order valence-corrected chi connectivity index (χ2v) is 22.1. The minimum atomic E-state index is -1.36. The molecular weight excluding hydrogens is 891 g/mol. The van der Waals surface area contributed by atoms with Crippen molar-refractivity contribution < 1.29 is 24.5 Å². The molecule has 1 aliphatic rings. The third-order valence-corrected chi connectivity index (χ3v) is 13.5. The Morgan fingerprint density at radius 1 is 0.719 bits per heavy atom. The first kappa shape index (κ1) is 40.6. The zero-order valence-electron chi connectivity index (χ0n) is 34.3. The Bertz CT molecular complexity index is 2600. The fraction of sp³-hybridized carbons (Fsp3) is 0.294. The van der Waals surface area contributed by atoms with E-state index in [2.05, 4.69) is 149 Å². The monoisotopic (exact) mass is 944 g/mol. The number of aromatic nitrogens is 3. The van der Waals surface area contributed by atoms with Crippen molar-refractivity contribution in [1.82, 2.24) is 14.5 Å². The first-order valence-corrected chi connectivity index (χ1v) is 24.0. The fourth-order valence-corrected chi connectivity index (χ4v) is 10.1. The van der Waals surface area contributed by atoms with Crippen molar-refractivity contribution in [2.45, 2.75) is 97.2 Å². The maximum atomic E-state index is 6.06. The Morgan fingerprint density at radius 3 is 2.12 bits per heavy atom. The van der Waals surface area contributed by atoms with Gasteiger partial charge in [-0.05, 0) is 70.8 Å². The SMILES string of the molecule is CC(C)c1cccc(C(C)C)c1-n1c(-c2[c-]cc3oc4ccccc4c3c2)nc2ccccc21.C[Si](C)(C)c1cnc(-c2[c-]cccc2)cc1C1CCCCC1.[Ir]. The van der Waals surface area contributed by atoms with Gasteiger partial charge in [0.25, 0.3) is 0 Å². The summed E-state index contributed by atoms with van der Waals surface area (Å²) in [5.41, 5.74) is 12.5. The van der Waals surface area contributed by atoms with E-state index < -0.39 is 8.07 Å². The Hall–Kier alpha value is -4.61. The number of pyridine rings is 1. The number of nitrogens with zero attached hydrogens (tertiary/aromatic N) is 3. The molecule has 0 N–H and O–H groups in total. The number of hydrogen-bond donors (Lipinski definition) is 0. The number of benzene rings is 5. The summed E-state index contributed by atoms with van der Waals surface area (Å²) in [7, 11) is -1.36. The third-order valence-electron chi connectivity index (χ3n) is 11.5. The van der Waals surface area contributed by atoms with E-state index in [4.69, 9.17) is 14.4 Å². The van der Waals surface area contributed by atoms with Gasteiger partial charge in [0.15, 0.2) is 0 Å². The summed E-state index contributed by atoms with van der Waals surface area (Å²) in [4.78, 5) is 9.91. The molecular formula is C51H53IrN3OSi-2. The van der Waals surface area contributed by atoms with Crippen molar-refractivity contribution in [1.29, 1.82) is 0 Å². The molecule has 3 aromatic heterocycles. The van der Waals surface area contributed by atoms with Gasteiger partial charge < -0.3 is 14.0 Å². The molecule has 8 aromatic rings. The standard InChI is InChI=1S/C31H27N2O.C20H26NSi.Ir/c1-19(2)22-11-9-12-23(20(3)4)30(22)33-27-14-7-6-13-26(27)32-31(33)21-16-17-29-25(18-21)24-10-5-8-15-28(24)34-29;1-22(2,3)20-15-21-19(17-12-8-5-9-13-17)14-18(20)16-10-6-4-7-11-16;/h5-15,17-20H,1-4H3;5,8-9,12,14-16H,4,6-7,10-11H2,1-3H3;/q2*-1;. The molecule has 0 amide bonds. The smallest absolute Gasteiger partial charge is 0.120 e. The van der Waals surface area contributed by atoms with Gasteiger partial charge in [-0.25, -0.2) is 0 Å². The molecule has 1 fully saturated rings. The van der Waals surface area contributed by atoms with Crippen molar-refractivity contribution in [3.63, 3.8) is 0 Å². The number of fused-ring (bicyclic) bond motifs is 4. The van der Waals surface area contributed by atoms with Crippen molar-refractivity contribution in [2.75, 3.05) is 0 Å². The van der Waals surface area contributed by atoms with Crippen LogP contribution in [0, 0.1) is 12.1 Å². The van der Waals surface area contributed by atoms with E-state index in [0.717, 1.165) is 61.5 Å². The molecule has 0 spiro atoms. The van der Waals surface area contributed by atoms with Crippen LogP contribution in [0.15, 0.2) is 120 Å². The molecule has 0 bridgehead atoms. The van der Waals surface area contributed by atoms with Crippen LogP contribution in [0.5, 0.6) is 0 Å². The minimum Gasteiger partial charge on any atom is -0.500 e. The maximum absolute atomic E-state index is 6.06. The summed E-state index contributed by atoms with van der Waals surface area (Å²) in [6.45, 7) is 16.4. The Morgan fingerprint density at radius 2 is 1.42 bits per heavy atom. The van der Waals surface area contributed by atoms with Crippen LogP contribution in [-0.4, -0.2) is 22.6 Å². The first-order valence-electron chi connectivity index (χ1n) is 20.5. The average molecular weight is 944 g/mol. The maximum Gasteiger partial charge on any atom is 0.120 e. The van der Waals surface area contributed by atoms with Gasteiger partial charge in [-0.15, -0.1) is 59.7 Å². The topological polar surface area (TPSA) is 43.9 Å². The normalized spacial score (nSPS) is 13.6. The van der Waals surface area contributed by atoms with E-state index in [1.54, 1.807) is 10.8 Å². The van der Waals surface area contributed by atoms with Crippen LogP contribution >= 0.6 is 0 Å². The summed E-state index contributed by atoms with van der Waals surface area (Å²) in [5.74, 6) is 2.41. The van der Waals surface area contributed by atoms with Crippen molar-refractivity contribution in [2.24, 2.45) is 0 Å². The summed E-state index contributed by atoms with van der Waals surface area (Å²) in [6, 6.07) is 44.7. The van der Waals surface area contributed by atoms with Crippen LogP contribution in [0.1, 0.15) is 94.2 Å². The van der Waals surface area contributed by atoms with E-state index in [9.17, 15) is 0 Å². The fourth-order valence-electron chi connectivity index (χ4n) is 8.55. The van der Waals surface area contributed by atoms with E-state index in [0.29, 0.717) is 11.8 Å². The van der Waals surface area contributed by atoms with Gasteiger partial charge in [-0.1, -0.05) is 132 Å². The van der Waals surface area contributed by atoms with Gasteiger partial charge in [0.05, 0.1) is 30.5 Å². The molecule has 1 saturated carbocycles. The molecule has 0 atom stereocenters. The van der Waals surface area contributed by atoms with Crippen molar-refractivity contribution >= 4 is 46.2 Å². The number of imidazole rings is 1. The molecule has 1 radical (unpaired) electrons. The predicted octanol–water partition coefficient (Wildman–Crippen LogP) is 13.8. The molecule has 5 aromatic carbocycles. The second-order valence-electron chi connectivity index (χ2n) is 17.1. The van der Waals surface area contributed by atoms with E-state index >= 15 is 0 Å². The summed E-state index contributed by atoms with van der Waals surface area (Å²) >= 11 is 0. The molecule has 57 heavy (non-hydrogen) atoms. The molecule has 0 unspecified atom stereocenters. The second kappa shape index (κ2) is 17.1. The van der Waals surface area contributed by atoms with Crippen molar-refractivity contribution in [3.05, 3.63) is 144 Å². The van der Waals surface area contributed by atoms with Crippen LogP contribution in [0.25, 0.3) is 61.3 Å². The van der Waals surface area contributed by atoms with Gasteiger partial charge in [-0.3, -0.25) is 4.98 Å².